The molecule has 2 heterocycles. The van der Waals surface area contributed by atoms with Crippen LogP contribution in [0, 0.1) is 5.95 Å². The molecule has 23 heavy (non-hydrogen) atoms. The molecule has 4 nitrogen and oxygen atoms in total. The number of carbonyl (C=O) groups excluding carboxylic acids is 1. The van der Waals surface area contributed by atoms with Crippen molar-refractivity contribution >= 4 is 22.5 Å². The van der Waals surface area contributed by atoms with Crippen molar-refractivity contribution in [3.63, 3.8) is 0 Å². The summed E-state index contributed by atoms with van der Waals surface area (Å²) in [7, 11) is 1.67. The van der Waals surface area contributed by atoms with Crippen molar-refractivity contribution in [3.8, 4) is 0 Å². The molecule has 0 fully saturated rings. The Kier molecular flexibility index (Phi) is 4.02. The molecule has 0 unspecified atom stereocenters. The summed E-state index contributed by atoms with van der Waals surface area (Å²) in [6.07, 6.45) is 4.01. The summed E-state index contributed by atoms with van der Waals surface area (Å²) in [6.45, 7) is 2.08. The number of halogens is 1. The molecule has 0 radical (unpaired) electrons. The van der Waals surface area contributed by atoms with Crippen molar-refractivity contribution in [1.82, 2.24) is 9.97 Å². The third kappa shape index (κ3) is 3.04. The van der Waals surface area contributed by atoms with Crippen LogP contribution in [0.3, 0.4) is 0 Å². The van der Waals surface area contributed by atoms with Crippen LogP contribution >= 0.6 is 0 Å². The Morgan fingerprint density at radius 2 is 1.96 bits per heavy atom. The van der Waals surface area contributed by atoms with E-state index >= 15 is 0 Å². The molecule has 1 amide bonds. The van der Waals surface area contributed by atoms with Gasteiger partial charge < -0.3 is 4.90 Å². The van der Waals surface area contributed by atoms with Gasteiger partial charge in [0.05, 0.1) is 11.1 Å². The number of hydrogen-bond donors (Lipinski definition) is 0. The fourth-order valence-electron chi connectivity index (χ4n) is 2.37. The molecule has 116 valence electrons. The molecule has 5 heteroatoms. The Balaban J connectivity index is 1.92. The fourth-order valence-corrected chi connectivity index (χ4v) is 2.37. The number of fused-ring (bicyclic) bond motifs is 1. The van der Waals surface area contributed by atoms with Crippen molar-refractivity contribution < 1.29 is 9.18 Å². The molecule has 3 aromatic rings. The van der Waals surface area contributed by atoms with Gasteiger partial charge in [0.25, 0.3) is 5.91 Å². The second kappa shape index (κ2) is 6.12. The maximum absolute atomic E-state index is 12.9. The number of pyridine rings is 2. The summed E-state index contributed by atoms with van der Waals surface area (Å²) in [5, 5.41) is 1.04. The molecule has 0 N–H and O–H groups in total. The molecule has 0 atom stereocenters. The van der Waals surface area contributed by atoms with Crippen LogP contribution < -0.4 is 4.90 Å². The molecule has 3 rings (SSSR count). The SMILES string of the molecule is CCc1cnc2cc(N(C)C(=O)c3ccc(F)nc3)ccc2c1. The smallest absolute Gasteiger partial charge is 0.259 e. The predicted molar refractivity (Wildman–Crippen MR) is 88.0 cm³/mol. The van der Waals surface area contributed by atoms with E-state index in [-0.39, 0.29) is 5.91 Å². The van der Waals surface area contributed by atoms with Crippen molar-refractivity contribution in [2.24, 2.45) is 0 Å². The Hall–Kier alpha value is -2.82. The van der Waals surface area contributed by atoms with Crippen LogP contribution in [-0.2, 0) is 6.42 Å². The van der Waals surface area contributed by atoms with E-state index in [9.17, 15) is 9.18 Å². The van der Waals surface area contributed by atoms with Crippen LogP contribution in [0.2, 0.25) is 0 Å². The average Bonchev–Trinajstić information content (AvgIpc) is 2.60. The standard InChI is InChI=1S/C18H16FN3O/c1-3-12-8-13-4-6-15(9-16(13)20-10-12)22(2)18(23)14-5-7-17(19)21-11-14/h4-11H,3H2,1-2H3. The summed E-state index contributed by atoms with van der Waals surface area (Å²) in [5.41, 5.74) is 3.07. The minimum atomic E-state index is -0.606. The van der Waals surface area contributed by atoms with E-state index in [4.69, 9.17) is 0 Å². The number of rotatable bonds is 3. The van der Waals surface area contributed by atoms with E-state index in [1.165, 1.54) is 28.8 Å². The topological polar surface area (TPSA) is 46.1 Å². The van der Waals surface area contributed by atoms with Crippen molar-refractivity contribution in [2.75, 3.05) is 11.9 Å². The first-order chi connectivity index (χ1) is 11.1. The minimum absolute atomic E-state index is 0.248. The van der Waals surface area contributed by atoms with E-state index in [0.717, 1.165) is 23.0 Å². The van der Waals surface area contributed by atoms with Crippen LogP contribution in [0.4, 0.5) is 10.1 Å². The van der Waals surface area contributed by atoms with Gasteiger partial charge in [-0.05, 0) is 42.3 Å². The summed E-state index contributed by atoms with van der Waals surface area (Å²) in [6, 6.07) is 10.4. The first kappa shape index (κ1) is 15.1. The highest BCUT2D eigenvalue weighted by atomic mass is 19.1. The van der Waals surface area contributed by atoms with E-state index in [1.54, 1.807) is 7.05 Å². The maximum Gasteiger partial charge on any atom is 0.259 e. The normalized spacial score (nSPS) is 10.7. The van der Waals surface area contributed by atoms with Gasteiger partial charge in [-0.1, -0.05) is 13.0 Å². The first-order valence-electron chi connectivity index (χ1n) is 7.37. The number of amides is 1. The van der Waals surface area contributed by atoms with E-state index in [0.29, 0.717) is 5.56 Å². The number of anilines is 1. The van der Waals surface area contributed by atoms with Gasteiger partial charge >= 0.3 is 0 Å². The van der Waals surface area contributed by atoms with E-state index in [1.807, 2.05) is 24.4 Å². The van der Waals surface area contributed by atoms with Crippen LogP contribution in [-0.4, -0.2) is 22.9 Å². The lowest BCUT2D eigenvalue weighted by Crippen LogP contribution is -2.26. The third-order valence-corrected chi connectivity index (χ3v) is 3.80. The number of benzene rings is 1. The summed E-state index contributed by atoms with van der Waals surface area (Å²) >= 11 is 0. The second-order valence-corrected chi connectivity index (χ2v) is 5.31. The van der Waals surface area contributed by atoms with Crippen molar-refractivity contribution in [1.29, 1.82) is 0 Å². The van der Waals surface area contributed by atoms with Gasteiger partial charge in [0.1, 0.15) is 0 Å². The number of aryl methyl sites for hydroxylation is 1. The predicted octanol–water partition coefficient (Wildman–Crippen LogP) is 3.61. The molecular formula is C18H16FN3O. The number of aromatic nitrogens is 2. The number of hydrogen-bond acceptors (Lipinski definition) is 3. The second-order valence-electron chi connectivity index (χ2n) is 5.31. The minimum Gasteiger partial charge on any atom is -0.311 e. The lowest BCUT2D eigenvalue weighted by molar-refractivity contribution is 0.0992. The lowest BCUT2D eigenvalue weighted by Gasteiger charge is -2.17. The van der Waals surface area contributed by atoms with Crippen LogP contribution in [0.5, 0.6) is 0 Å². The quantitative estimate of drug-likeness (QED) is 0.694. The Morgan fingerprint density at radius 1 is 1.13 bits per heavy atom. The number of carbonyl (C=O) groups is 1. The molecule has 0 spiro atoms. The maximum atomic E-state index is 12.9. The highest BCUT2D eigenvalue weighted by Crippen LogP contribution is 2.22. The van der Waals surface area contributed by atoms with Crippen molar-refractivity contribution in [3.05, 3.63) is 65.9 Å². The first-order valence-corrected chi connectivity index (χ1v) is 7.37. The van der Waals surface area contributed by atoms with Gasteiger partial charge in [-0.3, -0.25) is 9.78 Å². The van der Waals surface area contributed by atoms with Gasteiger partial charge in [-0.2, -0.15) is 4.39 Å². The van der Waals surface area contributed by atoms with E-state index in [2.05, 4.69) is 23.0 Å². The average molecular weight is 309 g/mol. The van der Waals surface area contributed by atoms with Crippen LogP contribution in [0.1, 0.15) is 22.8 Å². The molecule has 0 saturated carbocycles. The molecule has 1 aromatic carbocycles. The summed E-state index contributed by atoms with van der Waals surface area (Å²) < 4.78 is 12.9. The van der Waals surface area contributed by atoms with Gasteiger partial charge in [-0.15, -0.1) is 0 Å². The zero-order chi connectivity index (χ0) is 16.4. The van der Waals surface area contributed by atoms with Gasteiger partial charge in [-0.25, -0.2) is 4.98 Å². The molecule has 0 aliphatic heterocycles. The van der Waals surface area contributed by atoms with Gasteiger partial charge in [0, 0.05) is 30.5 Å². The molecule has 2 aromatic heterocycles. The fraction of sp³-hybridized carbons (Fsp3) is 0.167. The highest BCUT2D eigenvalue weighted by molar-refractivity contribution is 6.06. The van der Waals surface area contributed by atoms with Gasteiger partial charge in [0.15, 0.2) is 0 Å². The van der Waals surface area contributed by atoms with E-state index < -0.39 is 5.95 Å². The highest BCUT2D eigenvalue weighted by Gasteiger charge is 2.14. The zero-order valence-electron chi connectivity index (χ0n) is 13.0. The van der Waals surface area contributed by atoms with Crippen LogP contribution in [0.25, 0.3) is 10.9 Å². The van der Waals surface area contributed by atoms with Gasteiger partial charge in [0.2, 0.25) is 5.95 Å². The Labute approximate surface area is 133 Å². The molecular weight excluding hydrogens is 293 g/mol. The van der Waals surface area contributed by atoms with Crippen LogP contribution in [0.15, 0.2) is 48.8 Å². The molecule has 0 aliphatic rings. The summed E-state index contributed by atoms with van der Waals surface area (Å²) in [4.78, 5) is 21.9. The Bertz CT molecular complexity index is 862. The molecule has 0 bridgehead atoms. The Morgan fingerprint density at radius 3 is 2.65 bits per heavy atom. The third-order valence-electron chi connectivity index (χ3n) is 3.80. The number of nitrogens with zero attached hydrogens (tertiary/aromatic N) is 3. The lowest BCUT2D eigenvalue weighted by atomic mass is 10.1. The summed E-state index contributed by atoms with van der Waals surface area (Å²) in [5.74, 6) is -0.854. The molecule has 0 aliphatic carbocycles. The monoisotopic (exact) mass is 309 g/mol. The zero-order valence-corrected chi connectivity index (χ0v) is 13.0. The largest absolute Gasteiger partial charge is 0.311 e. The van der Waals surface area contributed by atoms with Crippen molar-refractivity contribution in [2.45, 2.75) is 13.3 Å². The molecule has 0 saturated heterocycles.